The molecule has 0 saturated carbocycles. The Morgan fingerprint density at radius 3 is 2.69 bits per heavy atom. The zero-order valence-corrected chi connectivity index (χ0v) is 16.0. The summed E-state index contributed by atoms with van der Waals surface area (Å²) in [6.07, 6.45) is -1.47. The first-order valence-corrected chi connectivity index (χ1v) is 9.24. The third-order valence-electron chi connectivity index (χ3n) is 3.48. The summed E-state index contributed by atoms with van der Waals surface area (Å²) >= 11 is 7.04. The lowest BCUT2D eigenvalue weighted by atomic mass is 10.1. The number of nitrogens with zero attached hydrogens (tertiary/aromatic N) is 2. The Morgan fingerprint density at radius 2 is 2.00 bits per heavy atom. The van der Waals surface area contributed by atoms with Crippen molar-refractivity contribution in [2.75, 3.05) is 11.9 Å². The molecule has 29 heavy (non-hydrogen) atoms. The molecule has 11 heteroatoms. The first-order valence-electron chi connectivity index (χ1n) is 8.05. The number of carbonyl (C=O) groups is 1. The van der Waals surface area contributed by atoms with Gasteiger partial charge >= 0.3 is 6.18 Å². The number of alkyl halides is 3. The van der Waals surface area contributed by atoms with Crippen LogP contribution in [-0.2, 0) is 6.42 Å². The van der Waals surface area contributed by atoms with E-state index >= 15 is 0 Å². The number of carbonyl (C=O) groups excluding carboxylic acids is 1. The fourth-order valence-electron chi connectivity index (χ4n) is 2.27. The van der Waals surface area contributed by atoms with Crippen LogP contribution in [0.15, 0.2) is 42.7 Å². The van der Waals surface area contributed by atoms with Gasteiger partial charge in [0.2, 0.25) is 5.88 Å². The summed E-state index contributed by atoms with van der Waals surface area (Å²) in [5.74, 6) is -1.35. The van der Waals surface area contributed by atoms with Crippen molar-refractivity contribution in [1.82, 2.24) is 9.97 Å². The van der Waals surface area contributed by atoms with Gasteiger partial charge < -0.3 is 4.74 Å². The van der Waals surface area contributed by atoms with E-state index in [1.54, 1.807) is 18.3 Å². The summed E-state index contributed by atoms with van der Waals surface area (Å²) in [5.41, 5.74) is 0.785. The second-order valence-corrected chi connectivity index (χ2v) is 7.33. The molecule has 0 radical (unpaired) electrons. The maximum absolute atomic E-state index is 13.3. The molecule has 0 aliphatic rings. The van der Waals surface area contributed by atoms with Crippen LogP contribution < -0.4 is 10.1 Å². The number of nitrogens with one attached hydrogen (secondary N) is 1. The van der Waals surface area contributed by atoms with Gasteiger partial charge in [-0.15, -0.1) is 11.3 Å². The highest BCUT2D eigenvalue weighted by Crippen LogP contribution is 2.26. The minimum Gasteiger partial charge on any atom is -0.467 e. The van der Waals surface area contributed by atoms with E-state index in [-0.39, 0.29) is 16.4 Å². The Morgan fingerprint density at radius 1 is 1.21 bits per heavy atom. The smallest absolute Gasteiger partial charge is 0.422 e. The highest BCUT2D eigenvalue weighted by molar-refractivity contribution is 7.15. The van der Waals surface area contributed by atoms with Crippen molar-refractivity contribution in [3.05, 3.63) is 69.6 Å². The van der Waals surface area contributed by atoms with E-state index in [4.69, 9.17) is 11.6 Å². The van der Waals surface area contributed by atoms with Crippen LogP contribution in [-0.4, -0.2) is 28.7 Å². The fraction of sp³-hybridized carbons (Fsp3) is 0.167. The van der Waals surface area contributed by atoms with Gasteiger partial charge in [0.05, 0.1) is 5.56 Å². The second kappa shape index (κ2) is 8.75. The zero-order chi connectivity index (χ0) is 21.0. The van der Waals surface area contributed by atoms with E-state index in [2.05, 4.69) is 20.0 Å². The molecule has 2 heterocycles. The average Bonchev–Trinajstić information content (AvgIpc) is 3.06. The molecular weight excluding hydrogens is 434 g/mol. The van der Waals surface area contributed by atoms with E-state index in [1.165, 1.54) is 23.5 Å². The molecule has 5 nitrogen and oxygen atoms in total. The van der Waals surface area contributed by atoms with E-state index in [1.807, 2.05) is 0 Å². The average molecular weight is 446 g/mol. The molecule has 2 aromatic heterocycles. The highest BCUT2D eigenvalue weighted by atomic mass is 35.5. The summed E-state index contributed by atoms with van der Waals surface area (Å²) in [7, 11) is 0. The van der Waals surface area contributed by atoms with Gasteiger partial charge in [0, 0.05) is 23.7 Å². The number of aromatic nitrogens is 2. The van der Waals surface area contributed by atoms with Crippen molar-refractivity contribution in [2.45, 2.75) is 12.6 Å². The summed E-state index contributed by atoms with van der Waals surface area (Å²) in [5, 5.41) is 2.63. The lowest BCUT2D eigenvalue weighted by molar-refractivity contribution is -0.154. The number of amides is 1. The molecule has 3 aromatic rings. The number of hydrogen-bond donors (Lipinski definition) is 1. The third-order valence-corrected chi connectivity index (χ3v) is 4.67. The lowest BCUT2D eigenvalue weighted by Gasteiger charge is -2.10. The number of thiazole rings is 1. The topological polar surface area (TPSA) is 64.1 Å². The highest BCUT2D eigenvalue weighted by Gasteiger charge is 2.29. The van der Waals surface area contributed by atoms with Crippen LogP contribution in [0.5, 0.6) is 5.88 Å². The maximum Gasteiger partial charge on any atom is 0.422 e. The predicted octanol–water partition coefficient (Wildman–Crippen LogP) is 5.11. The van der Waals surface area contributed by atoms with Crippen molar-refractivity contribution in [3.63, 3.8) is 0 Å². The zero-order valence-electron chi connectivity index (χ0n) is 14.5. The SMILES string of the molecule is O=C(Nc1ncc(Cc2cccc(F)c2)s1)c1cnc(OCC(F)(F)F)c(Cl)c1. The maximum atomic E-state index is 13.3. The van der Waals surface area contributed by atoms with Gasteiger partial charge in [0.15, 0.2) is 11.7 Å². The van der Waals surface area contributed by atoms with Gasteiger partial charge in [0.25, 0.3) is 5.91 Å². The first-order chi connectivity index (χ1) is 13.7. The van der Waals surface area contributed by atoms with Crippen molar-refractivity contribution in [1.29, 1.82) is 0 Å². The Labute approximate surface area is 171 Å². The third kappa shape index (κ3) is 6.13. The standard InChI is InChI=1S/C18H12ClF4N3O2S/c19-14-6-11(7-24-16(14)28-9-18(21,22)23)15(27)26-17-25-8-13(29-17)5-10-2-1-3-12(20)4-10/h1-4,6-8H,5,9H2,(H,25,26,27). The predicted molar refractivity (Wildman–Crippen MR) is 100 cm³/mol. The normalized spacial score (nSPS) is 11.3. The van der Waals surface area contributed by atoms with Crippen molar-refractivity contribution >= 4 is 34.0 Å². The van der Waals surface area contributed by atoms with Gasteiger partial charge in [0.1, 0.15) is 10.8 Å². The molecule has 0 saturated heterocycles. The summed E-state index contributed by atoms with van der Waals surface area (Å²) in [4.78, 5) is 20.8. The van der Waals surface area contributed by atoms with Crippen LogP contribution in [0.4, 0.5) is 22.7 Å². The van der Waals surface area contributed by atoms with Gasteiger partial charge in [-0.2, -0.15) is 13.2 Å². The summed E-state index contributed by atoms with van der Waals surface area (Å²) in [6.45, 7) is -1.54. The fourth-order valence-corrected chi connectivity index (χ4v) is 3.33. The molecule has 0 unspecified atom stereocenters. The lowest BCUT2D eigenvalue weighted by Crippen LogP contribution is -2.20. The Balaban J connectivity index is 1.63. The number of halogens is 5. The molecule has 0 aliphatic carbocycles. The molecule has 0 fully saturated rings. The quantitative estimate of drug-likeness (QED) is 0.535. The van der Waals surface area contributed by atoms with Crippen LogP contribution >= 0.6 is 22.9 Å². The van der Waals surface area contributed by atoms with Gasteiger partial charge in [-0.05, 0) is 23.8 Å². The van der Waals surface area contributed by atoms with Gasteiger partial charge in [-0.1, -0.05) is 23.7 Å². The number of rotatable bonds is 6. The van der Waals surface area contributed by atoms with E-state index in [0.717, 1.165) is 22.7 Å². The van der Waals surface area contributed by atoms with Crippen LogP contribution in [0.1, 0.15) is 20.8 Å². The molecule has 1 N–H and O–H groups in total. The largest absolute Gasteiger partial charge is 0.467 e. The van der Waals surface area contributed by atoms with Crippen LogP contribution in [0.25, 0.3) is 0 Å². The molecule has 3 rings (SSSR count). The van der Waals surface area contributed by atoms with Crippen molar-refractivity contribution < 1.29 is 27.1 Å². The monoisotopic (exact) mass is 445 g/mol. The molecule has 0 atom stereocenters. The number of benzene rings is 1. The minimum absolute atomic E-state index is 0.0243. The molecule has 0 aliphatic heterocycles. The Kier molecular flexibility index (Phi) is 6.33. The summed E-state index contributed by atoms with van der Waals surface area (Å²) < 4.78 is 54.3. The van der Waals surface area contributed by atoms with E-state index < -0.39 is 24.6 Å². The number of anilines is 1. The number of ether oxygens (including phenoxy) is 1. The number of hydrogen-bond acceptors (Lipinski definition) is 5. The Hall–Kier alpha value is -2.72. The van der Waals surface area contributed by atoms with Gasteiger partial charge in [-0.25, -0.2) is 14.4 Å². The molecule has 1 aromatic carbocycles. The molecule has 152 valence electrons. The molecular formula is C18H12ClF4N3O2S. The van der Waals surface area contributed by atoms with Crippen molar-refractivity contribution in [3.8, 4) is 5.88 Å². The minimum atomic E-state index is -4.53. The number of pyridine rings is 1. The molecule has 1 amide bonds. The second-order valence-electron chi connectivity index (χ2n) is 5.81. The van der Waals surface area contributed by atoms with E-state index in [9.17, 15) is 22.4 Å². The van der Waals surface area contributed by atoms with E-state index in [0.29, 0.717) is 11.6 Å². The van der Waals surface area contributed by atoms with Crippen molar-refractivity contribution in [2.24, 2.45) is 0 Å². The van der Waals surface area contributed by atoms with Crippen LogP contribution in [0.3, 0.4) is 0 Å². The van der Waals surface area contributed by atoms with Crippen LogP contribution in [0, 0.1) is 5.82 Å². The first kappa shape index (κ1) is 21.0. The Bertz CT molecular complexity index is 1030. The van der Waals surface area contributed by atoms with Gasteiger partial charge in [-0.3, -0.25) is 10.1 Å². The molecule has 0 bridgehead atoms. The van der Waals surface area contributed by atoms with Crippen LogP contribution in [0.2, 0.25) is 5.02 Å². The molecule has 0 spiro atoms. The summed E-state index contributed by atoms with van der Waals surface area (Å²) in [6, 6.07) is 7.29.